The first kappa shape index (κ1) is 19.9. The average Bonchev–Trinajstić information content (AvgIpc) is 2.73. The predicted molar refractivity (Wildman–Crippen MR) is 105 cm³/mol. The summed E-state index contributed by atoms with van der Waals surface area (Å²) in [7, 11) is 0. The van der Waals surface area contributed by atoms with Gasteiger partial charge in [-0.05, 0) is 30.2 Å². The Bertz CT molecular complexity index is 1100. The Kier molecular flexibility index (Phi) is 6.13. The number of hydrogen-bond acceptors (Lipinski definition) is 6. The molecule has 3 aromatic rings. The molecule has 0 saturated heterocycles. The van der Waals surface area contributed by atoms with Crippen LogP contribution in [0, 0.1) is 0 Å². The summed E-state index contributed by atoms with van der Waals surface area (Å²) in [5.74, 6) is -0.761. The van der Waals surface area contributed by atoms with E-state index in [1.165, 1.54) is 24.5 Å². The summed E-state index contributed by atoms with van der Waals surface area (Å²) in [6.45, 7) is 1.14. The number of para-hydroxylation sites is 1. The van der Waals surface area contributed by atoms with Gasteiger partial charge < -0.3 is 24.3 Å². The van der Waals surface area contributed by atoms with Gasteiger partial charge in [0, 0.05) is 6.07 Å². The summed E-state index contributed by atoms with van der Waals surface area (Å²) >= 11 is 0. The molecule has 8 nitrogen and oxygen atoms in total. The van der Waals surface area contributed by atoms with E-state index in [1.54, 1.807) is 6.07 Å². The van der Waals surface area contributed by atoms with Crippen LogP contribution in [0.25, 0.3) is 11.0 Å². The molecule has 3 rings (SSSR count). The third kappa shape index (κ3) is 4.92. The van der Waals surface area contributed by atoms with E-state index in [1.807, 2.05) is 25.1 Å². The zero-order valence-electron chi connectivity index (χ0n) is 15.6. The molecule has 0 aliphatic heterocycles. The molecular formula is C21H19NO7. The first-order valence-corrected chi connectivity index (χ1v) is 8.90. The van der Waals surface area contributed by atoms with Crippen molar-refractivity contribution >= 4 is 22.8 Å². The zero-order chi connectivity index (χ0) is 20.8. The van der Waals surface area contributed by atoms with Crippen molar-refractivity contribution in [3.8, 4) is 17.2 Å². The fraction of sp³-hybridized carbons (Fsp3) is 0.190. The van der Waals surface area contributed by atoms with Crippen LogP contribution in [0.15, 0.2) is 57.9 Å². The Hall–Kier alpha value is -3.81. The molecule has 0 unspecified atom stereocenters. The second-order valence-electron chi connectivity index (χ2n) is 6.11. The van der Waals surface area contributed by atoms with Crippen LogP contribution in [-0.2, 0) is 16.0 Å². The zero-order valence-corrected chi connectivity index (χ0v) is 15.6. The van der Waals surface area contributed by atoms with Gasteiger partial charge in [0.25, 0.3) is 5.91 Å². The number of nitrogens with one attached hydrogen (secondary N) is 1. The molecule has 0 fully saturated rings. The maximum atomic E-state index is 12.7. The average molecular weight is 397 g/mol. The molecule has 1 amide bonds. The Labute approximate surface area is 165 Å². The molecule has 29 heavy (non-hydrogen) atoms. The minimum absolute atomic E-state index is 0.0696. The minimum Gasteiger partial charge on any atom is -0.484 e. The summed E-state index contributed by atoms with van der Waals surface area (Å²) in [5, 5.41) is 11.0. The summed E-state index contributed by atoms with van der Waals surface area (Å²) in [6, 6.07) is 12.0. The van der Waals surface area contributed by atoms with E-state index in [9.17, 15) is 14.4 Å². The van der Waals surface area contributed by atoms with Crippen molar-refractivity contribution in [1.29, 1.82) is 0 Å². The fourth-order valence-corrected chi connectivity index (χ4v) is 2.64. The maximum Gasteiger partial charge on any atom is 0.322 e. The van der Waals surface area contributed by atoms with E-state index < -0.39 is 18.4 Å². The number of fused-ring (bicyclic) bond motifs is 1. The highest BCUT2D eigenvalue weighted by Gasteiger charge is 2.12. The number of benzene rings is 2. The van der Waals surface area contributed by atoms with Crippen LogP contribution in [0.4, 0.5) is 0 Å². The molecule has 150 valence electrons. The van der Waals surface area contributed by atoms with Crippen LogP contribution in [0.3, 0.4) is 0 Å². The summed E-state index contributed by atoms with van der Waals surface area (Å²) in [6.07, 6.45) is 2.00. The van der Waals surface area contributed by atoms with Gasteiger partial charge in [0.1, 0.15) is 29.9 Å². The molecule has 2 aromatic carbocycles. The lowest BCUT2D eigenvalue weighted by Crippen LogP contribution is -2.33. The highest BCUT2D eigenvalue weighted by atomic mass is 16.5. The summed E-state index contributed by atoms with van der Waals surface area (Å²) in [4.78, 5) is 34.7. The fourth-order valence-electron chi connectivity index (χ4n) is 2.64. The number of amides is 1. The first-order valence-electron chi connectivity index (χ1n) is 8.90. The van der Waals surface area contributed by atoms with Crippen molar-refractivity contribution < 1.29 is 28.6 Å². The quantitative estimate of drug-likeness (QED) is 0.600. The summed E-state index contributed by atoms with van der Waals surface area (Å²) < 4.78 is 16.6. The number of aryl methyl sites for hydroxylation is 1. The second-order valence-corrected chi connectivity index (χ2v) is 6.11. The normalized spacial score (nSPS) is 10.5. The molecule has 1 heterocycles. The molecule has 0 saturated carbocycles. The highest BCUT2D eigenvalue weighted by Crippen LogP contribution is 2.26. The molecule has 0 aliphatic rings. The molecule has 0 atom stereocenters. The molecule has 2 N–H and O–H groups in total. The SMILES string of the molecule is CCc1ccccc1Oc1coc2cc(OCC(=O)NCC(=O)O)ccc2c1=O. The van der Waals surface area contributed by atoms with Crippen molar-refractivity contribution in [3.63, 3.8) is 0 Å². The minimum atomic E-state index is -1.15. The van der Waals surface area contributed by atoms with Crippen LogP contribution in [0.1, 0.15) is 12.5 Å². The predicted octanol–water partition coefficient (Wildman–Crippen LogP) is 2.73. The third-order valence-corrected chi connectivity index (χ3v) is 4.09. The standard InChI is InChI=1S/C21H19NO7/c1-2-13-5-3-4-6-16(13)29-18-11-28-17-9-14(7-8-15(17)21(18)26)27-12-19(23)22-10-20(24)25/h3-9,11H,2,10,12H2,1H3,(H,22,23)(H,24,25). The lowest BCUT2D eigenvalue weighted by Gasteiger charge is -2.10. The van der Waals surface area contributed by atoms with Gasteiger partial charge in [-0.1, -0.05) is 25.1 Å². The molecule has 8 heteroatoms. The smallest absolute Gasteiger partial charge is 0.322 e. The molecular weight excluding hydrogens is 378 g/mol. The van der Waals surface area contributed by atoms with Crippen LogP contribution in [-0.4, -0.2) is 30.1 Å². The van der Waals surface area contributed by atoms with Gasteiger partial charge in [-0.15, -0.1) is 0 Å². The highest BCUT2D eigenvalue weighted by molar-refractivity contribution is 5.82. The monoisotopic (exact) mass is 397 g/mol. The number of rotatable bonds is 8. The lowest BCUT2D eigenvalue weighted by atomic mass is 10.1. The Balaban J connectivity index is 1.76. The molecule has 0 radical (unpaired) electrons. The van der Waals surface area contributed by atoms with E-state index in [2.05, 4.69) is 5.32 Å². The first-order chi connectivity index (χ1) is 14.0. The van der Waals surface area contributed by atoms with E-state index in [-0.39, 0.29) is 23.4 Å². The van der Waals surface area contributed by atoms with Gasteiger partial charge in [-0.25, -0.2) is 0 Å². The number of carbonyl (C=O) groups is 2. The van der Waals surface area contributed by atoms with Gasteiger partial charge in [-0.3, -0.25) is 14.4 Å². The van der Waals surface area contributed by atoms with Crippen molar-refractivity contribution in [2.45, 2.75) is 13.3 Å². The summed E-state index contributed by atoms with van der Waals surface area (Å²) in [5.41, 5.74) is 0.911. The van der Waals surface area contributed by atoms with Crippen molar-refractivity contribution in [2.75, 3.05) is 13.2 Å². The number of carboxylic acid groups (broad SMARTS) is 1. The molecule has 0 bridgehead atoms. The van der Waals surface area contributed by atoms with Crippen LogP contribution < -0.4 is 20.2 Å². The number of carbonyl (C=O) groups excluding carboxylic acids is 1. The molecule has 1 aromatic heterocycles. The number of hydrogen-bond donors (Lipinski definition) is 2. The largest absolute Gasteiger partial charge is 0.484 e. The third-order valence-electron chi connectivity index (χ3n) is 4.09. The topological polar surface area (TPSA) is 115 Å². The van der Waals surface area contributed by atoms with Crippen LogP contribution >= 0.6 is 0 Å². The van der Waals surface area contributed by atoms with E-state index in [4.69, 9.17) is 19.0 Å². The van der Waals surface area contributed by atoms with Gasteiger partial charge in [0.05, 0.1) is 5.39 Å². The Morgan fingerprint density at radius 3 is 2.69 bits per heavy atom. The van der Waals surface area contributed by atoms with Gasteiger partial charge in [0.15, 0.2) is 6.61 Å². The van der Waals surface area contributed by atoms with E-state index in [0.29, 0.717) is 16.9 Å². The van der Waals surface area contributed by atoms with Crippen molar-refractivity contribution in [2.24, 2.45) is 0 Å². The molecule has 0 spiro atoms. The van der Waals surface area contributed by atoms with Crippen LogP contribution in [0.2, 0.25) is 0 Å². The van der Waals surface area contributed by atoms with E-state index >= 15 is 0 Å². The Morgan fingerprint density at radius 2 is 1.93 bits per heavy atom. The second kappa shape index (κ2) is 8.92. The molecule has 0 aliphatic carbocycles. The van der Waals surface area contributed by atoms with E-state index in [0.717, 1.165) is 12.0 Å². The van der Waals surface area contributed by atoms with Crippen molar-refractivity contribution in [3.05, 3.63) is 64.5 Å². The lowest BCUT2D eigenvalue weighted by molar-refractivity contribution is -0.138. The Morgan fingerprint density at radius 1 is 1.14 bits per heavy atom. The number of aliphatic carboxylic acids is 1. The maximum absolute atomic E-state index is 12.7. The van der Waals surface area contributed by atoms with Gasteiger partial charge in [-0.2, -0.15) is 0 Å². The van der Waals surface area contributed by atoms with Crippen LogP contribution in [0.5, 0.6) is 17.2 Å². The number of carboxylic acids is 1. The van der Waals surface area contributed by atoms with Gasteiger partial charge >= 0.3 is 5.97 Å². The van der Waals surface area contributed by atoms with Crippen molar-refractivity contribution in [1.82, 2.24) is 5.32 Å². The number of ether oxygens (including phenoxy) is 2. The van der Waals surface area contributed by atoms with Gasteiger partial charge in [0.2, 0.25) is 11.2 Å².